The second-order valence-electron chi connectivity index (χ2n) is 2.94. The highest BCUT2D eigenvalue weighted by atomic mass is 16.5. The van der Waals surface area contributed by atoms with Gasteiger partial charge in [-0.05, 0) is 19.9 Å². The Hall–Kier alpha value is -0.0800. The Morgan fingerprint density at radius 1 is 1.15 bits per heavy atom. The molecule has 0 unspecified atom stereocenters. The summed E-state index contributed by atoms with van der Waals surface area (Å²) in [5.74, 6) is 0. The molecule has 2 nitrogen and oxygen atoms in total. The zero-order valence-electron chi connectivity index (χ0n) is 10.3. The molecule has 0 bridgehead atoms. The Kier molecular flexibility index (Phi) is 14.1. The number of hydrogen-bond acceptors (Lipinski definition) is 2. The third kappa shape index (κ3) is 8.26. The summed E-state index contributed by atoms with van der Waals surface area (Å²) in [7, 11) is 3.91. The minimum absolute atomic E-state index is 0.727. The molecule has 0 radical (unpaired) electrons. The van der Waals surface area contributed by atoms with Gasteiger partial charge in [0.25, 0.3) is 0 Å². The molecular weight excluding hydrogens is 162 g/mol. The van der Waals surface area contributed by atoms with E-state index in [1.165, 1.54) is 12.8 Å². The van der Waals surface area contributed by atoms with Gasteiger partial charge in [0.15, 0.2) is 0 Å². The number of ether oxygens (including phenoxy) is 1. The van der Waals surface area contributed by atoms with E-state index >= 15 is 0 Å². The summed E-state index contributed by atoms with van der Waals surface area (Å²) < 4.78 is 5.01. The van der Waals surface area contributed by atoms with Gasteiger partial charge >= 0.3 is 0 Å². The van der Waals surface area contributed by atoms with Gasteiger partial charge in [-0.25, -0.2) is 0 Å². The van der Waals surface area contributed by atoms with E-state index in [9.17, 15) is 0 Å². The van der Waals surface area contributed by atoms with E-state index in [1.54, 1.807) is 7.11 Å². The summed E-state index contributed by atoms with van der Waals surface area (Å²) in [4.78, 5) is 2.36. The zero-order valence-corrected chi connectivity index (χ0v) is 10.3. The molecule has 13 heavy (non-hydrogen) atoms. The van der Waals surface area contributed by atoms with Crippen LogP contribution in [-0.4, -0.2) is 38.3 Å². The van der Waals surface area contributed by atoms with Crippen LogP contribution < -0.4 is 0 Å². The fourth-order valence-electron chi connectivity index (χ4n) is 1.33. The SMILES string of the molecule is CC.CCC(CC)N(C)CCOC. The van der Waals surface area contributed by atoms with Gasteiger partial charge in [-0.15, -0.1) is 0 Å². The Labute approximate surface area is 84.3 Å². The van der Waals surface area contributed by atoms with Crippen LogP contribution in [0.1, 0.15) is 40.5 Å². The van der Waals surface area contributed by atoms with Gasteiger partial charge in [-0.2, -0.15) is 0 Å². The Balaban J connectivity index is 0. The molecule has 0 aromatic heterocycles. The predicted molar refractivity (Wildman–Crippen MR) is 60.2 cm³/mol. The van der Waals surface area contributed by atoms with Crippen LogP contribution in [0.4, 0.5) is 0 Å². The van der Waals surface area contributed by atoms with Gasteiger partial charge in [-0.3, -0.25) is 0 Å². The maximum atomic E-state index is 5.01. The molecule has 0 aliphatic carbocycles. The van der Waals surface area contributed by atoms with E-state index in [0.717, 1.165) is 19.2 Å². The van der Waals surface area contributed by atoms with Crippen molar-refractivity contribution in [3.8, 4) is 0 Å². The van der Waals surface area contributed by atoms with Crippen molar-refractivity contribution in [2.24, 2.45) is 0 Å². The molecule has 0 atom stereocenters. The summed E-state index contributed by atoms with van der Waals surface area (Å²) in [5.41, 5.74) is 0. The van der Waals surface area contributed by atoms with Crippen LogP contribution in [-0.2, 0) is 4.74 Å². The van der Waals surface area contributed by atoms with Crippen LogP contribution in [0.3, 0.4) is 0 Å². The molecule has 0 spiro atoms. The third-order valence-electron chi connectivity index (χ3n) is 2.21. The quantitative estimate of drug-likeness (QED) is 0.637. The lowest BCUT2D eigenvalue weighted by Gasteiger charge is -2.25. The molecular formula is C11H27NO. The van der Waals surface area contributed by atoms with Crippen LogP contribution >= 0.6 is 0 Å². The number of methoxy groups -OCH3 is 1. The molecule has 0 rings (SSSR count). The van der Waals surface area contributed by atoms with E-state index in [0.29, 0.717) is 0 Å². The van der Waals surface area contributed by atoms with Crippen molar-refractivity contribution < 1.29 is 4.74 Å². The van der Waals surface area contributed by atoms with Gasteiger partial charge in [-0.1, -0.05) is 27.7 Å². The molecule has 0 fully saturated rings. The van der Waals surface area contributed by atoms with E-state index in [2.05, 4.69) is 25.8 Å². The Morgan fingerprint density at radius 2 is 1.62 bits per heavy atom. The smallest absolute Gasteiger partial charge is 0.0589 e. The van der Waals surface area contributed by atoms with Gasteiger partial charge in [0, 0.05) is 19.7 Å². The normalized spacial score (nSPS) is 10.2. The highest BCUT2D eigenvalue weighted by Gasteiger charge is 2.08. The summed E-state index contributed by atoms with van der Waals surface area (Å²) in [6.07, 6.45) is 2.47. The monoisotopic (exact) mass is 189 g/mol. The lowest BCUT2D eigenvalue weighted by Crippen LogP contribution is -2.33. The fraction of sp³-hybridized carbons (Fsp3) is 1.00. The van der Waals surface area contributed by atoms with Crippen molar-refractivity contribution in [2.45, 2.75) is 46.6 Å². The number of nitrogens with zero attached hydrogens (tertiary/aromatic N) is 1. The van der Waals surface area contributed by atoms with E-state index < -0.39 is 0 Å². The first-order chi connectivity index (χ1) is 6.26. The third-order valence-corrected chi connectivity index (χ3v) is 2.21. The molecule has 2 heteroatoms. The van der Waals surface area contributed by atoms with E-state index in [4.69, 9.17) is 4.74 Å². The molecule has 0 saturated carbocycles. The average molecular weight is 189 g/mol. The molecule has 0 aromatic rings. The van der Waals surface area contributed by atoms with E-state index in [-0.39, 0.29) is 0 Å². The van der Waals surface area contributed by atoms with Crippen molar-refractivity contribution >= 4 is 0 Å². The van der Waals surface area contributed by atoms with Crippen LogP contribution in [0.15, 0.2) is 0 Å². The number of likely N-dealkylation sites (N-methyl/N-ethyl adjacent to an activating group) is 1. The number of rotatable bonds is 6. The standard InChI is InChI=1S/C9H21NO.C2H6/c1-5-9(6-2)10(3)7-8-11-4;1-2/h9H,5-8H2,1-4H3;1-2H3. The maximum absolute atomic E-state index is 5.01. The lowest BCUT2D eigenvalue weighted by atomic mass is 10.1. The molecule has 0 N–H and O–H groups in total. The van der Waals surface area contributed by atoms with Gasteiger partial charge in [0.1, 0.15) is 0 Å². The van der Waals surface area contributed by atoms with Crippen molar-refractivity contribution in [3.05, 3.63) is 0 Å². The molecule has 0 aromatic carbocycles. The molecule has 0 aliphatic heterocycles. The average Bonchev–Trinajstić information content (AvgIpc) is 2.19. The summed E-state index contributed by atoms with van der Waals surface area (Å²) in [6.45, 7) is 10.4. The second kappa shape index (κ2) is 11.9. The minimum Gasteiger partial charge on any atom is -0.383 e. The van der Waals surface area contributed by atoms with Crippen molar-refractivity contribution in [1.82, 2.24) is 4.90 Å². The van der Waals surface area contributed by atoms with Crippen LogP contribution in [0, 0.1) is 0 Å². The first-order valence-corrected chi connectivity index (χ1v) is 5.45. The molecule has 82 valence electrons. The first kappa shape index (κ1) is 15.4. The highest BCUT2D eigenvalue weighted by molar-refractivity contribution is 4.64. The number of hydrogen-bond donors (Lipinski definition) is 0. The largest absolute Gasteiger partial charge is 0.383 e. The summed E-state index contributed by atoms with van der Waals surface area (Å²) in [5, 5.41) is 0. The van der Waals surface area contributed by atoms with Crippen LogP contribution in [0.25, 0.3) is 0 Å². The van der Waals surface area contributed by atoms with Gasteiger partial charge < -0.3 is 9.64 Å². The predicted octanol–water partition coefficient (Wildman–Crippen LogP) is 2.78. The highest BCUT2D eigenvalue weighted by Crippen LogP contribution is 2.04. The Morgan fingerprint density at radius 3 is 1.92 bits per heavy atom. The minimum atomic E-state index is 0.727. The topological polar surface area (TPSA) is 12.5 Å². The fourth-order valence-corrected chi connectivity index (χ4v) is 1.33. The molecule has 0 aliphatic rings. The van der Waals surface area contributed by atoms with Crippen molar-refractivity contribution in [3.63, 3.8) is 0 Å². The van der Waals surface area contributed by atoms with Gasteiger partial charge in [0.05, 0.1) is 6.61 Å². The van der Waals surface area contributed by atoms with Gasteiger partial charge in [0.2, 0.25) is 0 Å². The lowest BCUT2D eigenvalue weighted by molar-refractivity contribution is 0.135. The Bertz CT molecular complexity index is 82.2. The maximum Gasteiger partial charge on any atom is 0.0589 e. The first-order valence-electron chi connectivity index (χ1n) is 5.45. The molecule has 0 heterocycles. The van der Waals surface area contributed by atoms with E-state index in [1.807, 2.05) is 13.8 Å². The molecule has 0 saturated heterocycles. The van der Waals surface area contributed by atoms with Crippen molar-refractivity contribution in [1.29, 1.82) is 0 Å². The second-order valence-corrected chi connectivity index (χ2v) is 2.94. The summed E-state index contributed by atoms with van der Waals surface area (Å²) in [6, 6.07) is 0.727. The molecule has 0 amide bonds. The van der Waals surface area contributed by atoms with Crippen LogP contribution in [0.2, 0.25) is 0 Å². The van der Waals surface area contributed by atoms with Crippen LogP contribution in [0.5, 0.6) is 0 Å². The zero-order chi connectivity index (χ0) is 10.7. The summed E-state index contributed by atoms with van der Waals surface area (Å²) >= 11 is 0. The van der Waals surface area contributed by atoms with Crippen molar-refractivity contribution in [2.75, 3.05) is 27.3 Å².